The average molecular weight is 280 g/mol. The van der Waals surface area contributed by atoms with Crippen LogP contribution in [0.3, 0.4) is 0 Å². The van der Waals surface area contributed by atoms with Crippen LogP contribution in [0.1, 0.15) is 40.5 Å². The molecule has 112 valence electrons. The SMILES string of the molecule is CC(C)Oc1ncnc(NC2CCOC(C)(C)C2)c1N. The monoisotopic (exact) mass is 280 g/mol. The Bertz CT molecular complexity index is 462. The van der Waals surface area contributed by atoms with Crippen LogP contribution in [-0.2, 0) is 4.74 Å². The fraction of sp³-hybridized carbons (Fsp3) is 0.714. The van der Waals surface area contributed by atoms with Crippen molar-refractivity contribution < 1.29 is 9.47 Å². The van der Waals surface area contributed by atoms with Crippen molar-refractivity contribution in [1.29, 1.82) is 0 Å². The molecule has 1 aliphatic rings. The van der Waals surface area contributed by atoms with E-state index in [1.807, 2.05) is 13.8 Å². The van der Waals surface area contributed by atoms with Crippen molar-refractivity contribution in [2.45, 2.75) is 58.3 Å². The van der Waals surface area contributed by atoms with Crippen molar-refractivity contribution in [3.63, 3.8) is 0 Å². The Morgan fingerprint density at radius 2 is 2.20 bits per heavy atom. The Hall–Kier alpha value is -1.56. The minimum absolute atomic E-state index is 0.0297. The summed E-state index contributed by atoms with van der Waals surface area (Å²) in [7, 11) is 0. The van der Waals surface area contributed by atoms with Gasteiger partial charge in [0.1, 0.15) is 12.0 Å². The second-order valence-corrected chi connectivity index (χ2v) is 6.05. The van der Waals surface area contributed by atoms with Gasteiger partial charge in [-0.2, -0.15) is 4.98 Å². The van der Waals surface area contributed by atoms with Crippen molar-refractivity contribution >= 4 is 11.5 Å². The molecule has 2 rings (SSSR count). The zero-order valence-electron chi connectivity index (χ0n) is 12.6. The Morgan fingerprint density at radius 3 is 2.85 bits per heavy atom. The first-order valence-electron chi connectivity index (χ1n) is 7.05. The van der Waals surface area contributed by atoms with Crippen LogP contribution in [0.4, 0.5) is 11.5 Å². The summed E-state index contributed by atoms with van der Waals surface area (Å²) in [5, 5.41) is 3.38. The quantitative estimate of drug-likeness (QED) is 0.880. The zero-order chi connectivity index (χ0) is 14.8. The second kappa shape index (κ2) is 5.83. The summed E-state index contributed by atoms with van der Waals surface area (Å²) < 4.78 is 11.3. The minimum Gasteiger partial charge on any atom is -0.473 e. The van der Waals surface area contributed by atoms with E-state index in [-0.39, 0.29) is 11.7 Å². The van der Waals surface area contributed by atoms with E-state index in [9.17, 15) is 0 Å². The standard InChI is InChI=1S/C14H24N4O2/c1-9(2)20-13-11(15)12(16-8-17-13)18-10-5-6-19-14(3,4)7-10/h8-10H,5-7,15H2,1-4H3,(H,16,17,18). The molecule has 0 saturated carbocycles. The number of nitrogen functional groups attached to an aromatic ring is 1. The molecular formula is C14H24N4O2. The molecule has 2 heterocycles. The Morgan fingerprint density at radius 1 is 1.45 bits per heavy atom. The van der Waals surface area contributed by atoms with Gasteiger partial charge in [-0.15, -0.1) is 0 Å². The largest absolute Gasteiger partial charge is 0.473 e. The number of nitrogens with one attached hydrogen (secondary N) is 1. The van der Waals surface area contributed by atoms with Crippen molar-refractivity contribution in [3.8, 4) is 5.88 Å². The maximum absolute atomic E-state index is 6.07. The number of anilines is 2. The summed E-state index contributed by atoms with van der Waals surface area (Å²) in [6.45, 7) is 8.81. The molecule has 1 aromatic heterocycles. The first-order valence-corrected chi connectivity index (χ1v) is 7.05. The summed E-state index contributed by atoms with van der Waals surface area (Å²) in [6.07, 6.45) is 3.35. The average Bonchev–Trinajstić information content (AvgIpc) is 2.32. The molecular weight excluding hydrogens is 256 g/mol. The minimum atomic E-state index is -0.116. The number of aromatic nitrogens is 2. The lowest BCUT2D eigenvalue weighted by Crippen LogP contribution is -2.40. The lowest BCUT2D eigenvalue weighted by molar-refractivity contribution is -0.0553. The predicted octanol–water partition coefficient (Wildman–Crippen LogP) is 2.22. The molecule has 1 fully saturated rings. The highest BCUT2D eigenvalue weighted by molar-refractivity contribution is 5.66. The summed E-state index contributed by atoms with van der Waals surface area (Å²) >= 11 is 0. The van der Waals surface area contributed by atoms with Crippen molar-refractivity contribution in [2.75, 3.05) is 17.7 Å². The van der Waals surface area contributed by atoms with E-state index in [4.69, 9.17) is 15.2 Å². The lowest BCUT2D eigenvalue weighted by Gasteiger charge is -2.36. The third-order valence-electron chi connectivity index (χ3n) is 3.23. The highest BCUT2D eigenvalue weighted by atomic mass is 16.5. The van der Waals surface area contributed by atoms with Crippen LogP contribution in [-0.4, -0.2) is 34.3 Å². The summed E-state index contributed by atoms with van der Waals surface area (Å²) in [4.78, 5) is 8.30. The molecule has 6 heteroatoms. The molecule has 0 spiro atoms. The van der Waals surface area contributed by atoms with Gasteiger partial charge in [-0.3, -0.25) is 0 Å². The van der Waals surface area contributed by atoms with Crippen LogP contribution in [0.2, 0.25) is 0 Å². The van der Waals surface area contributed by atoms with Gasteiger partial charge in [0.05, 0.1) is 11.7 Å². The Labute approximate surface area is 120 Å². The predicted molar refractivity (Wildman–Crippen MR) is 78.9 cm³/mol. The van der Waals surface area contributed by atoms with E-state index in [0.717, 1.165) is 19.4 Å². The van der Waals surface area contributed by atoms with E-state index in [1.165, 1.54) is 6.33 Å². The number of nitrogens with zero attached hydrogens (tertiary/aromatic N) is 2. The van der Waals surface area contributed by atoms with Crippen LogP contribution >= 0.6 is 0 Å². The molecule has 1 aromatic rings. The van der Waals surface area contributed by atoms with Gasteiger partial charge in [0, 0.05) is 12.6 Å². The van der Waals surface area contributed by atoms with Crippen molar-refractivity contribution in [1.82, 2.24) is 9.97 Å². The first kappa shape index (κ1) is 14.8. The molecule has 20 heavy (non-hydrogen) atoms. The number of hydrogen-bond donors (Lipinski definition) is 2. The molecule has 3 N–H and O–H groups in total. The van der Waals surface area contributed by atoms with Crippen LogP contribution in [0.15, 0.2) is 6.33 Å². The second-order valence-electron chi connectivity index (χ2n) is 6.05. The molecule has 6 nitrogen and oxygen atoms in total. The van der Waals surface area contributed by atoms with Crippen LogP contribution < -0.4 is 15.8 Å². The van der Waals surface area contributed by atoms with Gasteiger partial charge in [0.25, 0.3) is 0 Å². The van der Waals surface area contributed by atoms with E-state index in [0.29, 0.717) is 23.4 Å². The highest BCUT2D eigenvalue weighted by Gasteiger charge is 2.29. The molecule has 1 unspecified atom stereocenters. The Balaban J connectivity index is 2.09. The van der Waals surface area contributed by atoms with E-state index < -0.39 is 0 Å². The summed E-state index contributed by atoms with van der Waals surface area (Å²) in [5.41, 5.74) is 6.42. The summed E-state index contributed by atoms with van der Waals surface area (Å²) in [6, 6.07) is 0.294. The van der Waals surface area contributed by atoms with Crippen molar-refractivity contribution in [2.24, 2.45) is 0 Å². The zero-order valence-corrected chi connectivity index (χ0v) is 12.6. The van der Waals surface area contributed by atoms with E-state index in [2.05, 4.69) is 29.1 Å². The number of rotatable bonds is 4. The fourth-order valence-electron chi connectivity index (χ4n) is 2.36. The maximum Gasteiger partial charge on any atom is 0.242 e. The lowest BCUT2D eigenvalue weighted by atomic mass is 9.94. The molecule has 1 aliphatic heterocycles. The number of ether oxygens (including phenoxy) is 2. The van der Waals surface area contributed by atoms with Gasteiger partial charge in [-0.25, -0.2) is 4.98 Å². The van der Waals surface area contributed by atoms with Crippen molar-refractivity contribution in [3.05, 3.63) is 6.33 Å². The van der Waals surface area contributed by atoms with Crippen LogP contribution in [0.5, 0.6) is 5.88 Å². The van der Waals surface area contributed by atoms with Gasteiger partial charge in [0.15, 0.2) is 5.82 Å². The Kier molecular flexibility index (Phi) is 4.32. The fourth-order valence-corrected chi connectivity index (χ4v) is 2.36. The van der Waals surface area contributed by atoms with Gasteiger partial charge in [-0.05, 0) is 40.5 Å². The van der Waals surface area contributed by atoms with Crippen LogP contribution in [0, 0.1) is 0 Å². The first-order chi connectivity index (χ1) is 9.37. The molecule has 0 aromatic carbocycles. The van der Waals surface area contributed by atoms with Gasteiger partial charge < -0.3 is 20.5 Å². The van der Waals surface area contributed by atoms with E-state index in [1.54, 1.807) is 0 Å². The third kappa shape index (κ3) is 3.72. The van der Waals surface area contributed by atoms with Gasteiger partial charge in [-0.1, -0.05) is 0 Å². The number of hydrogen-bond acceptors (Lipinski definition) is 6. The normalized spacial score (nSPS) is 21.8. The van der Waals surface area contributed by atoms with E-state index >= 15 is 0 Å². The third-order valence-corrected chi connectivity index (χ3v) is 3.23. The highest BCUT2D eigenvalue weighted by Crippen LogP contribution is 2.30. The topological polar surface area (TPSA) is 82.3 Å². The molecule has 0 bridgehead atoms. The smallest absolute Gasteiger partial charge is 0.242 e. The molecule has 0 aliphatic carbocycles. The van der Waals surface area contributed by atoms with Gasteiger partial charge >= 0.3 is 0 Å². The molecule has 0 radical (unpaired) electrons. The molecule has 0 amide bonds. The van der Waals surface area contributed by atoms with Gasteiger partial charge in [0.2, 0.25) is 5.88 Å². The summed E-state index contributed by atoms with van der Waals surface area (Å²) in [5.74, 6) is 1.07. The van der Waals surface area contributed by atoms with Crippen LogP contribution in [0.25, 0.3) is 0 Å². The number of nitrogens with two attached hydrogens (primary N) is 1. The molecule has 1 atom stereocenters. The molecule has 1 saturated heterocycles. The maximum atomic E-state index is 6.07.